The van der Waals surface area contributed by atoms with Gasteiger partial charge in [-0.3, -0.25) is 0 Å². The Balaban J connectivity index is 3.89. The number of carbonyl (C=O) groups is 1. The molecule has 0 aromatic rings. The lowest BCUT2D eigenvalue weighted by Gasteiger charge is -2.06. The van der Waals surface area contributed by atoms with Crippen molar-refractivity contribution < 1.29 is 22.7 Å². The van der Waals surface area contributed by atoms with Gasteiger partial charge in [-0.2, -0.15) is 0 Å². The molecule has 0 amide bonds. The molecule has 0 N–H and O–H groups in total. The average Bonchev–Trinajstić information content (AvgIpc) is 2.14. The Morgan fingerprint density at radius 2 is 1.88 bits per heavy atom. The van der Waals surface area contributed by atoms with Crippen molar-refractivity contribution in [3.8, 4) is 0 Å². The van der Waals surface area contributed by atoms with E-state index < -0.39 is 12.3 Å². The van der Waals surface area contributed by atoms with Gasteiger partial charge in [-0.15, -0.1) is 13.2 Å². The van der Waals surface area contributed by atoms with Crippen molar-refractivity contribution in [2.45, 2.75) is 52.3 Å². The molecule has 5 heteroatoms. The zero-order valence-electron chi connectivity index (χ0n) is 9.56. The third-order valence-corrected chi connectivity index (χ3v) is 2.04. The first-order chi connectivity index (χ1) is 7.37. The molecule has 0 radical (unpaired) electrons. The zero-order chi connectivity index (χ0) is 12.6. The maximum Gasteiger partial charge on any atom is 0.575 e. The number of ether oxygens (including phenoxy) is 1. The van der Waals surface area contributed by atoms with Gasteiger partial charge in [0.25, 0.3) is 0 Å². The van der Waals surface area contributed by atoms with Crippen molar-refractivity contribution in [2.24, 2.45) is 0 Å². The van der Waals surface area contributed by atoms with Crippen molar-refractivity contribution in [3.63, 3.8) is 0 Å². The van der Waals surface area contributed by atoms with Crippen LogP contribution < -0.4 is 0 Å². The summed E-state index contributed by atoms with van der Waals surface area (Å²) in [6, 6.07) is 0. The molecule has 0 spiro atoms. The fraction of sp³-hybridized carbons (Fsp3) is 0.727. The number of carbonyl (C=O) groups excluding carboxylic acids is 1. The monoisotopic (exact) mass is 238 g/mol. The van der Waals surface area contributed by atoms with Gasteiger partial charge in [0.1, 0.15) is 0 Å². The smallest absolute Gasteiger partial charge is 0.369 e. The Labute approximate surface area is 93.5 Å². The third-order valence-electron chi connectivity index (χ3n) is 2.04. The maximum absolute atomic E-state index is 11.7. The lowest BCUT2D eigenvalue weighted by molar-refractivity contribution is -0.303. The number of rotatable bonds is 6. The van der Waals surface area contributed by atoms with Gasteiger partial charge in [-0.25, -0.2) is 4.79 Å². The highest BCUT2D eigenvalue weighted by molar-refractivity contribution is 5.87. The summed E-state index contributed by atoms with van der Waals surface area (Å²) in [4.78, 5) is 10.9. The average molecular weight is 238 g/mol. The molecule has 0 atom stereocenters. The highest BCUT2D eigenvalue weighted by Gasteiger charge is 2.34. The van der Waals surface area contributed by atoms with Crippen LogP contribution in [0.25, 0.3) is 0 Å². The molecule has 94 valence electrons. The predicted octanol–water partition coefficient (Wildman–Crippen LogP) is 3.97. The van der Waals surface area contributed by atoms with Crippen molar-refractivity contribution in [1.29, 1.82) is 0 Å². The van der Waals surface area contributed by atoms with Crippen LogP contribution in [0.15, 0.2) is 11.6 Å². The first-order valence-corrected chi connectivity index (χ1v) is 5.33. The van der Waals surface area contributed by atoms with Crippen LogP contribution in [0.4, 0.5) is 13.2 Å². The molecule has 0 aromatic carbocycles. The normalized spacial score (nSPS) is 12.7. The Morgan fingerprint density at radius 3 is 2.38 bits per heavy atom. The molecule has 0 heterocycles. The molecule has 0 aliphatic heterocycles. The summed E-state index contributed by atoms with van der Waals surface area (Å²) in [6.45, 7) is 3.40. The van der Waals surface area contributed by atoms with Gasteiger partial charge in [-0.1, -0.05) is 32.3 Å². The van der Waals surface area contributed by atoms with Crippen LogP contribution in [0.3, 0.4) is 0 Å². The SMILES string of the molecule is CCCCCCC=C(C)C(=O)OC(F)(F)F. The summed E-state index contributed by atoms with van der Waals surface area (Å²) in [5, 5.41) is 0. The minimum absolute atomic E-state index is 0.00817. The quantitative estimate of drug-likeness (QED) is 0.397. The van der Waals surface area contributed by atoms with Crippen molar-refractivity contribution >= 4 is 5.97 Å². The van der Waals surface area contributed by atoms with Gasteiger partial charge in [0.2, 0.25) is 0 Å². The summed E-state index contributed by atoms with van der Waals surface area (Å²) in [7, 11) is 0. The van der Waals surface area contributed by atoms with Crippen LogP contribution in [-0.4, -0.2) is 12.3 Å². The molecule has 0 saturated carbocycles. The van der Waals surface area contributed by atoms with Gasteiger partial charge in [0.15, 0.2) is 0 Å². The van der Waals surface area contributed by atoms with Crippen LogP contribution in [-0.2, 0) is 9.53 Å². The fourth-order valence-corrected chi connectivity index (χ4v) is 1.16. The van der Waals surface area contributed by atoms with E-state index in [1.807, 2.05) is 0 Å². The second-order valence-electron chi connectivity index (χ2n) is 3.57. The fourth-order valence-electron chi connectivity index (χ4n) is 1.16. The van der Waals surface area contributed by atoms with E-state index in [-0.39, 0.29) is 5.57 Å². The number of allylic oxidation sites excluding steroid dienone is 1. The Bertz CT molecular complexity index is 244. The van der Waals surface area contributed by atoms with Crippen LogP contribution in [0.1, 0.15) is 46.0 Å². The molecule has 2 nitrogen and oxygen atoms in total. The van der Waals surface area contributed by atoms with E-state index in [0.29, 0.717) is 6.42 Å². The molecular weight excluding hydrogens is 221 g/mol. The number of esters is 1. The Kier molecular flexibility index (Phi) is 6.85. The first-order valence-electron chi connectivity index (χ1n) is 5.33. The molecule has 16 heavy (non-hydrogen) atoms. The summed E-state index contributed by atoms with van der Waals surface area (Å²) in [5.41, 5.74) is 0.00817. The minimum Gasteiger partial charge on any atom is -0.369 e. The number of unbranched alkanes of at least 4 members (excludes halogenated alkanes) is 4. The summed E-state index contributed by atoms with van der Waals surface area (Å²) < 4.78 is 38.3. The molecule has 0 fully saturated rings. The Morgan fingerprint density at radius 1 is 1.25 bits per heavy atom. The predicted molar refractivity (Wildman–Crippen MR) is 54.7 cm³/mol. The van der Waals surface area contributed by atoms with E-state index in [4.69, 9.17) is 0 Å². The highest BCUT2D eigenvalue weighted by atomic mass is 19.4. The van der Waals surface area contributed by atoms with Crippen LogP contribution >= 0.6 is 0 Å². The van der Waals surface area contributed by atoms with Gasteiger partial charge < -0.3 is 4.74 Å². The summed E-state index contributed by atoms with van der Waals surface area (Å²) in [6.07, 6.45) is 1.30. The number of hydrogen-bond donors (Lipinski definition) is 0. The molecule has 0 bridgehead atoms. The maximum atomic E-state index is 11.7. The molecule has 0 rings (SSSR count). The Hall–Kier alpha value is -1.00. The van der Waals surface area contributed by atoms with Crippen molar-refractivity contribution in [3.05, 3.63) is 11.6 Å². The molecule has 0 unspecified atom stereocenters. The highest BCUT2D eigenvalue weighted by Crippen LogP contribution is 2.18. The van der Waals surface area contributed by atoms with Crippen LogP contribution in [0.2, 0.25) is 0 Å². The van der Waals surface area contributed by atoms with Crippen molar-refractivity contribution in [1.82, 2.24) is 0 Å². The van der Waals surface area contributed by atoms with E-state index in [1.54, 1.807) is 0 Å². The van der Waals surface area contributed by atoms with Gasteiger partial charge in [0, 0.05) is 5.57 Å². The molecule has 0 aliphatic rings. The lowest BCUT2D eigenvalue weighted by Crippen LogP contribution is -2.19. The second-order valence-corrected chi connectivity index (χ2v) is 3.57. The van der Waals surface area contributed by atoms with Crippen LogP contribution in [0.5, 0.6) is 0 Å². The number of alkyl halides is 3. The molecular formula is C11H17F3O2. The first kappa shape index (κ1) is 15.0. The molecule has 0 saturated heterocycles. The standard InChI is InChI=1S/C11H17F3O2/c1-3-4-5-6-7-8-9(2)10(15)16-11(12,13)14/h8H,3-7H2,1-2H3. The molecule has 0 aliphatic carbocycles. The van der Waals surface area contributed by atoms with Gasteiger partial charge >= 0.3 is 12.3 Å². The molecule has 0 aromatic heterocycles. The third kappa shape index (κ3) is 8.32. The van der Waals surface area contributed by atoms with E-state index >= 15 is 0 Å². The lowest BCUT2D eigenvalue weighted by atomic mass is 10.1. The zero-order valence-corrected chi connectivity index (χ0v) is 9.56. The largest absolute Gasteiger partial charge is 0.575 e. The number of hydrogen-bond acceptors (Lipinski definition) is 2. The minimum atomic E-state index is -4.89. The van der Waals surface area contributed by atoms with E-state index in [0.717, 1.165) is 25.7 Å². The summed E-state index contributed by atoms with van der Waals surface area (Å²) >= 11 is 0. The van der Waals surface area contributed by atoms with E-state index in [1.165, 1.54) is 13.0 Å². The summed E-state index contributed by atoms with van der Waals surface area (Å²) in [5.74, 6) is -1.32. The van der Waals surface area contributed by atoms with E-state index in [2.05, 4.69) is 11.7 Å². The topological polar surface area (TPSA) is 26.3 Å². The van der Waals surface area contributed by atoms with Crippen LogP contribution in [0, 0.1) is 0 Å². The second kappa shape index (κ2) is 7.30. The van der Waals surface area contributed by atoms with Gasteiger partial charge in [-0.05, 0) is 19.8 Å². The van der Waals surface area contributed by atoms with Crippen molar-refractivity contribution in [2.75, 3.05) is 0 Å². The van der Waals surface area contributed by atoms with E-state index in [9.17, 15) is 18.0 Å². The number of halogens is 3. The van der Waals surface area contributed by atoms with Gasteiger partial charge in [0.05, 0.1) is 0 Å².